The highest BCUT2D eigenvalue weighted by molar-refractivity contribution is 9.10. The molecule has 15 heavy (non-hydrogen) atoms. The molecule has 0 aliphatic rings. The van der Waals surface area contributed by atoms with Gasteiger partial charge in [0.05, 0.1) is 11.7 Å². The fourth-order valence-electron chi connectivity index (χ4n) is 1.15. The number of nitrogens with one attached hydrogen (secondary N) is 1. The van der Waals surface area contributed by atoms with Crippen LogP contribution < -0.4 is 5.32 Å². The number of amides is 1. The smallest absolute Gasteiger partial charge is 0.252 e. The van der Waals surface area contributed by atoms with Crippen molar-refractivity contribution in [3.8, 4) is 0 Å². The van der Waals surface area contributed by atoms with Crippen LogP contribution in [0.2, 0.25) is 0 Å². The normalized spacial score (nSPS) is 12.3. The second-order valence-electron chi connectivity index (χ2n) is 3.54. The fourth-order valence-corrected chi connectivity index (χ4v) is 1.58. The minimum absolute atomic E-state index is 0.175. The molecule has 0 heterocycles. The summed E-state index contributed by atoms with van der Waals surface area (Å²) in [6, 6.07) is 5.57. The van der Waals surface area contributed by atoms with E-state index >= 15 is 0 Å². The van der Waals surface area contributed by atoms with Crippen molar-refractivity contribution in [3.05, 3.63) is 33.8 Å². The van der Waals surface area contributed by atoms with E-state index in [0.29, 0.717) is 5.56 Å². The van der Waals surface area contributed by atoms with Crippen molar-refractivity contribution in [2.75, 3.05) is 6.54 Å². The zero-order chi connectivity index (χ0) is 11.4. The van der Waals surface area contributed by atoms with Gasteiger partial charge in [0.15, 0.2) is 0 Å². The third kappa shape index (κ3) is 3.64. The predicted octanol–water partition coefficient (Wildman–Crippen LogP) is 1.87. The lowest BCUT2D eigenvalue weighted by Crippen LogP contribution is -2.30. The van der Waals surface area contributed by atoms with Gasteiger partial charge in [0.1, 0.15) is 0 Å². The summed E-state index contributed by atoms with van der Waals surface area (Å²) in [6.45, 7) is 3.82. The minimum Gasteiger partial charge on any atom is -0.392 e. The number of aryl methyl sites for hydroxylation is 1. The van der Waals surface area contributed by atoms with Crippen molar-refractivity contribution in [2.24, 2.45) is 0 Å². The monoisotopic (exact) mass is 271 g/mol. The zero-order valence-corrected chi connectivity index (χ0v) is 10.3. The van der Waals surface area contributed by atoms with Crippen molar-refractivity contribution in [3.63, 3.8) is 0 Å². The molecule has 0 fully saturated rings. The Bertz CT molecular complexity index is 364. The number of rotatable bonds is 3. The summed E-state index contributed by atoms with van der Waals surface area (Å²) in [4.78, 5) is 11.7. The number of carbonyl (C=O) groups excluding carboxylic acids is 1. The zero-order valence-electron chi connectivity index (χ0n) is 8.75. The van der Waals surface area contributed by atoms with Gasteiger partial charge in [0.2, 0.25) is 0 Å². The standard InChI is InChI=1S/C11H14BrNO2/c1-7-3-4-10(12)9(5-7)11(15)13-6-8(2)14/h3-5,8,14H,6H2,1-2H3,(H,13,15)/t8-/m1/s1. The molecule has 1 aromatic rings. The highest BCUT2D eigenvalue weighted by Crippen LogP contribution is 2.17. The highest BCUT2D eigenvalue weighted by Gasteiger charge is 2.10. The maximum Gasteiger partial charge on any atom is 0.252 e. The van der Waals surface area contributed by atoms with Crippen LogP contribution in [0.4, 0.5) is 0 Å². The molecule has 0 unspecified atom stereocenters. The fraction of sp³-hybridized carbons (Fsp3) is 0.364. The molecule has 1 rings (SSSR count). The van der Waals surface area contributed by atoms with E-state index < -0.39 is 6.10 Å². The van der Waals surface area contributed by atoms with Crippen molar-refractivity contribution in [1.82, 2.24) is 5.32 Å². The van der Waals surface area contributed by atoms with Gasteiger partial charge in [-0.05, 0) is 41.9 Å². The van der Waals surface area contributed by atoms with Crippen molar-refractivity contribution >= 4 is 21.8 Å². The van der Waals surface area contributed by atoms with Crippen LogP contribution in [0.15, 0.2) is 22.7 Å². The van der Waals surface area contributed by atoms with E-state index in [1.54, 1.807) is 6.92 Å². The molecule has 0 aliphatic heterocycles. The molecule has 2 N–H and O–H groups in total. The largest absolute Gasteiger partial charge is 0.392 e. The van der Waals surface area contributed by atoms with Crippen LogP contribution in [0.1, 0.15) is 22.8 Å². The van der Waals surface area contributed by atoms with Crippen LogP contribution in [0.25, 0.3) is 0 Å². The highest BCUT2D eigenvalue weighted by atomic mass is 79.9. The van der Waals surface area contributed by atoms with Gasteiger partial charge in [-0.25, -0.2) is 0 Å². The van der Waals surface area contributed by atoms with Gasteiger partial charge in [0, 0.05) is 11.0 Å². The third-order valence-electron chi connectivity index (χ3n) is 1.92. The second-order valence-corrected chi connectivity index (χ2v) is 4.40. The average Bonchev–Trinajstić information content (AvgIpc) is 2.18. The first kappa shape index (κ1) is 12.2. The molecule has 4 heteroatoms. The Hall–Kier alpha value is -0.870. The molecule has 0 saturated carbocycles. The van der Waals surface area contributed by atoms with Crippen molar-refractivity contribution in [2.45, 2.75) is 20.0 Å². The van der Waals surface area contributed by atoms with E-state index in [2.05, 4.69) is 21.2 Å². The van der Waals surface area contributed by atoms with E-state index in [0.717, 1.165) is 10.0 Å². The summed E-state index contributed by atoms with van der Waals surface area (Å²) < 4.78 is 0.760. The Morgan fingerprint density at radius 1 is 1.60 bits per heavy atom. The molecule has 0 saturated heterocycles. The van der Waals surface area contributed by atoms with E-state index in [1.807, 2.05) is 25.1 Å². The van der Waals surface area contributed by atoms with Crippen LogP contribution in [0.5, 0.6) is 0 Å². The molecular weight excluding hydrogens is 258 g/mol. The Balaban J connectivity index is 2.77. The topological polar surface area (TPSA) is 49.3 Å². The van der Waals surface area contributed by atoms with Gasteiger partial charge in [0.25, 0.3) is 5.91 Å². The van der Waals surface area contributed by atoms with E-state index in [1.165, 1.54) is 0 Å². The van der Waals surface area contributed by atoms with Crippen LogP contribution in [0, 0.1) is 6.92 Å². The van der Waals surface area contributed by atoms with Crippen molar-refractivity contribution < 1.29 is 9.90 Å². The number of aliphatic hydroxyl groups is 1. The number of halogens is 1. The quantitative estimate of drug-likeness (QED) is 0.882. The first-order valence-electron chi connectivity index (χ1n) is 4.73. The lowest BCUT2D eigenvalue weighted by Gasteiger charge is -2.09. The Kier molecular flexibility index (Phi) is 4.29. The van der Waals surface area contributed by atoms with Crippen LogP contribution in [-0.2, 0) is 0 Å². The molecule has 1 atom stereocenters. The summed E-state index contributed by atoms with van der Waals surface area (Å²) in [5.41, 5.74) is 1.62. The number of aliphatic hydroxyl groups excluding tert-OH is 1. The number of benzene rings is 1. The first-order chi connectivity index (χ1) is 7.00. The molecular formula is C11H14BrNO2. The Morgan fingerprint density at radius 2 is 2.27 bits per heavy atom. The summed E-state index contributed by atoms with van der Waals surface area (Å²) in [5.74, 6) is -0.175. The SMILES string of the molecule is Cc1ccc(Br)c(C(=O)NC[C@@H](C)O)c1. The minimum atomic E-state index is -0.530. The van der Waals surface area contributed by atoms with Gasteiger partial charge >= 0.3 is 0 Å². The summed E-state index contributed by atoms with van der Waals surface area (Å²) >= 11 is 3.31. The maximum absolute atomic E-state index is 11.7. The lowest BCUT2D eigenvalue weighted by atomic mass is 10.1. The summed E-state index contributed by atoms with van der Waals surface area (Å²) in [7, 11) is 0. The molecule has 3 nitrogen and oxygen atoms in total. The van der Waals surface area contributed by atoms with Crippen LogP contribution in [-0.4, -0.2) is 23.7 Å². The first-order valence-corrected chi connectivity index (χ1v) is 5.52. The van der Waals surface area contributed by atoms with Gasteiger partial charge in [-0.15, -0.1) is 0 Å². The third-order valence-corrected chi connectivity index (χ3v) is 2.62. The summed E-state index contributed by atoms with van der Waals surface area (Å²) in [6.07, 6.45) is -0.530. The molecule has 0 bridgehead atoms. The van der Waals surface area contributed by atoms with Gasteiger partial charge < -0.3 is 10.4 Å². The average molecular weight is 272 g/mol. The maximum atomic E-state index is 11.7. The summed E-state index contributed by atoms with van der Waals surface area (Å²) in [5, 5.41) is 11.7. The van der Waals surface area contributed by atoms with Gasteiger partial charge in [-0.1, -0.05) is 11.6 Å². The van der Waals surface area contributed by atoms with Gasteiger partial charge in [-0.2, -0.15) is 0 Å². The van der Waals surface area contributed by atoms with Crippen molar-refractivity contribution in [1.29, 1.82) is 0 Å². The van der Waals surface area contributed by atoms with Gasteiger partial charge in [-0.3, -0.25) is 4.79 Å². The Labute approximate surface area is 97.6 Å². The number of hydrogen-bond acceptors (Lipinski definition) is 2. The molecule has 0 aromatic heterocycles. The van der Waals surface area contributed by atoms with Crippen LogP contribution >= 0.6 is 15.9 Å². The lowest BCUT2D eigenvalue weighted by molar-refractivity contribution is 0.0923. The molecule has 1 aromatic carbocycles. The molecule has 0 radical (unpaired) electrons. The molecule has 82 valence electrons. The van der Waals surface area contributed by atoms with E-state index in [4.69, 9.17) is 5.11 Å². The second kappa shape index (κ2) is 5.28. The molecule has 1 amide bonds. The van der Waals surface area contributed by atoms with Crippen LogP contribution in [0.3, 0.4) is 0 Å². The van der Waals surface area contributed by atoms with E-state index in [9.17, 15) is 4.79 Å². The number of hydrogen-bond donors (Lipinski definition) is 2. The molecule has 0 spiro atoms. The predicted molar refractivity (Wildman–Crippen MR) is 62.9 cm³/mol. The van der Waals surface area contributed by atoms with E-state index in [-0.39, 0.29) is 12.5 Å². The molecule has 0 aliphatic carbocycles. The number of carbonyl (C=O) groups is 1. The Morgan fingerprint density at radius 3 is 2.87 bits per heavy atom.